The van der Waals surface area contributed by atoms with Crippen LogP contribution >= 0.6 is 11.6 Å². The van der Waals surface area contributed by atoms with Crippen LogP contribution in [-0.4, -0.2) is 16.7 Å². The van der Waals surface area contributed by atoms with Crippen molar-refractivity contribution in [3.63, 3.8) is 0 Å². The zero-order chi connectivity index (χ0) is 17.3. The van der Waals surface area contributed by atoms with Crippen molar-refractivity contribution in [2.24, 2.45) is 0 Å². The minimum Gasteiger partial charge on any atom is -0.349 e. The van der Waals surface area contributed by atoms with Crippen molar-refractivity contribution in [3.8, 4) is 0 Å². The minimum absolute atomic E-state index is 0.0724. The Bertz CT molecular complexity index is 844. The van der Waals surface area contributed by atoms with E-state index in [2.05, 4.69) is 5.32 Å². The van der Waals surface area contributed by atoms with Crippen LogP contribution in [0, 0.1) is 13.8 Å². The number of hydrogen-bond acceptors (Lipinski definition) is 3. The third-order valence-corrected chi connectivity index (χ3v) is 4.51. The highest BCUT2D eigenvalue weighted by molar-refractivity contribution is 6.48. The molecule has 0 unspecified atom stereocenters. The Labute approximate surface area is 145 Å². The lowest BCUT2D eigenvalue weighted by Crippen LogP contribution is -2.31. The van der Waals surface area contributed by atoms with E-state index in [1.807, 2.05) is 62.4 Å². The molecule has 1 heterocycles. The van der Waals surface area contributed by atoms with Gasteiger partial charge in [-0.05, 0) is 36.6 Å². The number of rotatable bonds is 4. The Hall–Kier alpha value is -2.59. The molecule has 0 atom stereocenters. The van der Waals surface area contributed by atoms with E-state index < -0.39 is 11.8 Å². The average molecular weight is 341 g/mol. The fourth-order valence-electron chi connectivity index (χ4n) is 2.59. The number of amides is 2. The van der Waals surface area contributed by atoms with Gasteiger partial charge in [-0.25, -0.2) is 0 Å². The van der Waals surface area contributed by atoms with Gasteiger partial charge in [0, 0.05) is 5.69 Å². The van der Waals surface area contributed by atoms with Gasteiger partial charge >= 0.3 is 0 Å². The average Bonchev–Trinajstić information content (AvgIpc) is 2.78. The maximum absolute atomic E-state index is 12.6. The predicted octanol–water partition coefficient (Wildman–Crippen LogP) is 3.73. The molecule has 0 saturated heterocycles. The van der Waals surface area contributed by atoms with E-state index in [4.69, 9.17) is 11.6 Å². The van der Waals surface area contributed by atoms with Crippen LogP contribution in [0.3, 0.4) is 0 Å². The second kappa shape index (κ2) is 6.49. The lowest BCUT2D eigenvalue weighted by molar-refractivity contribution is -0.138. The summed E-state index contributed by atoms with van der Waals surface area (Å²) >= 11 is 6.13. The molecule has 0 fully saturated rings. The van der Waals surface area contributed by atoms with Crippen LogP contribution in [0.5, 0.6) is 0 Å². The zero-order valence-electron chi connectivity index (χ0n) is 13.5. The third-order valence-electron chi connectivity index (χ3n) is 4.16. The molecule has 122 valence electrons. The van der Waals surface area contributed by atoms with Gasteiger partial charge in [-0.2, -0.15) is 0 Å². The van der Waals surface area contributed by atoms with Gasteiger partial charge < -0.3 is 5.32 Å². The smallest absolute Gasteiger partial charge is 0.279 e. The first-order valence-electron chi connectivity index (χ1n) is 7.62. The van der Waals surface area contributed by atoms with Crippen LogP contribution in [0.25, 0.3) is 0 Å². The van der Waals surface area contributed by atoms with Gasteiger partial charge in [0.05, 0.1) is 6.54 Å². The van der Waals surface area contributed by atoms with E-state index in [0.717, 1.165) is 27.3 Å². The monoisotopic (exact) mass is 340 g/mol. The lowest BCUT2D eigenvalue weighted by Gasteiger charge is -2.16. The zero-order valence-corrected chi connectivity index (χ0v) is 14.2. The molecule has 0 aromatic heterocycles. The summed E-state index contributed by atoms with van der Waals surface area (Å²) in [5.74, 6) is -0.881. The number of halogens is 1. The molecule has 1 aliphatic heterocycles. The van der Waals surface area contributed by atoms with E-state index in [9.17, 15) is 9.59 Å². The quantitative estimate of drug-likeness (QED) is 0.863. The first-order chi connectivity index (χ1) is 11.5. The molecular weight excluding hydrogens is 324 g/mol. The molecule has 2 amide bonds. The molecule has 2 aromatic rings. The van der Waals surface area contributed by atoms with Gasteiger partial charge in [-0.1, -0.05) is 54.1 Å². The number of carbonyl (C=O) groups excluding carboxylic acids is 2. The second-order valence-corrected chi connectivity index (χ2v) is 6.12. The summed E-state index contributed by atoms with van der Waals surface area (Å²) in [5.41, 5.74) is 3.87. The van der Waals surface area contributed by atoms with Crippen molar-refractivity contribution >= 4 is 29.1 Å². The molecule has 0 saturated carbocycles. The predicted molar refractivity (Wildman–Crippen MR) is 94.4 cm³/mol. The van der Waals surface area contributed by atoms with Crippen LogP contribution in [0.4, 0.5) is 5.69 Å². The number of benzene rings is 2. The molecule has 5 heteroatoms. The molecule has 2 aromatic carbocycles. The van der Waals surface area contributed by atoms with Gasteiger partial charge in [-0.3, -0.25) is 14.5 Å². The van der Waals surface area contributed by atoms with Gasteiger partial charge in [0.1, 0.15) is 10.7 Å². The highest BCUT2D eigenvalue weighted by atomic mass is 35.5. The topological polar surface area (TPSA) is 49.4 Å². The van der Waals surface area contributed by atoms with Crippen molar-refractivity contribution < 1.29 is 9.59 Å². The normalized spacial score (nSPS) is 14.5. The summed E-state index contributed by atoms with van der Waals surface area (Å²) in [6.07, 6.45) is 0. The Morgan fingerprint density at radius 1 is 0.958 bits per heavy atom. The van der Waals surface area contributed by atoms with E-state index in [1.54, 1.807) is 0 Å². The summed E-state index contributed by atoms with van der Waals surface area (Å²) in [4.78, 5) is 26.1. The van der Waals surface area contributed by atoms with Gasteiger partial charge in [-0.15, -0.1) is 0 Å². The van der Waals surface area contributed by atoms with E-state index >= 15 is 0 Å². The van der Waals surface area contributed by atoms with Crippen molar-refractivity contribution in [2.75, 3.05) is 5.32 Å². The van der Waals surface area contributed by atoms with E-state index in [-0.39, 0.29) is 17.3 Å². The number of aryl methyl sites for hydroxylation is 1. The summed E-state index contributed by atoms with van der Waals surface area (Å²) in [6, 6.07) is 15.1. The second-order valence-electron chi connectivity index (χ2n) is 5.74. The fourth-order valence-corrected chi connectivity index (χ4v) is 2.82. The molecule has 4 nitrogen and oxygen atoms in total. The van der Waals surface area contributed by atoms with E-state index in [0.29, 0.717) is 0 Å². The number of nitrogens with zero attached hydrogens (tertiary/aromatic N) is 1. The molecule has 0 radical (unpaired) electrons. The van der Waals surface area contributed by atoms with Crippen LogP contribution in [0.1, 0.15) is 16.7 Å². The van der Waals surface area contributed by atoms with E-state index in [1.165, 1.54) is 0 Å². The Kier molecular flexibility index (Phi) is 4.40. The summed E-state index contributed by atoms with van der Waals surface area (Å²) in [5, 5.41) is 2.96. The van der Waals surface area contributed by atoms with Crippen LogP contribution in [0.2, 0.25) is 0 Å². The Morgan fingerprint density at radius 2 is 1.67 bits per heavy atom. The van der Waals surface area contributed by atoms with Crippen LogP contribution in [0.15, 0.2) is 59.3 Å². The van der Waals surface area contributed by atoms with Crippen LogP contribution in [-0.2, 0) is 16.1 Å². The highest BCUT2D eigenvalue weighted by Gasteiger charge is 2.37. The van der Waals surface area contributed by atoms with Gasteiger partial charge in [0.2, 0.25) is 0 Å². The van der Waals surface area contributed by atoms with Crippen LogP contribution < -0.4 is 5.32 Å². The minimum atomic E-state index is -0.474. The maximum Gasteiger partial charge on any atom is 0.279 e. The molecule has 0 aliphatic carbocycles. The molecule has 1 aliphatic rings. The first-order valence-corrected chi connectivity index (χ1v) is 8.00. The van der Waals surface area contributed by atoms with Gasteiger partial charge in [0.15, 0.2) is 0 Å². The summed E-state index contributed by atoms with van der Waals surface area (Å²) < 4.78 is 0. The molecule has 0 spiro atoms. The number of anilines is 1. The highest BCUT2D eigenvalue weighted by Crippen LogP contribution is 2.28. The van der Waals surface area contributed by atoms with Crippen molar-refractivity contribution in [1.82, 2.24) is 4.90 Å². The number of hydrogen-bond donors (Lipinski definition) is 1. The van der Waals surface area contributed by atoms with Crippen molar-refractivity contribution in [1.29, 1.82) is 0 Å². The first kappa shape index (κ1) is 16.3. The maximum atomic E-state index is 12.6. The lowest BCUT2D eigenvalue weighted by atomic mass is 10.1. The van der Waals surface area contributed by atoms with Crippen molar-refractivity contribution in [2.45, 2.75) is 20.4 Å². The number of imide groups is 1. The molecule has 1 N–H and O–H groups in total. The van der Waals surface area contributed by atoms with Gasteiger partial charge in [0.25, 0.3) is 11.8 Å². The SMILES string of the molecule is Cc1cccc(NC2=C(Cl)C(=O)N(Cc3ccccc3)C2=O)c1C. The Morgan fingerprint density at radius 3 is 2.38 bits per heavy atom. The molecule has 0 bridgehead atoms. The van der Waals surface area contributed by atoms with Crippen molar-refractivity contribution in [3.05, 3.63) is 76.0 Å². The molecular formula is C19H17ClN2O2. The number of carbonyl (C=O) groups is 2. The summed E-state index contributed by atoms with van der Waals surface area (Å²) in [7, 11) is 0. The fraction of sp³-hybridized carbons (Fsp3) is 0.158. The standard InChI is InChI=1S/C19H17ClN2O2/c1-12-7-6-10-15(13(12)2)21-17-16(20)18(23)22(19(17)24)11-14-8-4-3-5-9-14/h3-10,21H,11H2,1-2H3. The Balaban J connectivity index is 1.85. The number of nitrogens with one attached hydrogen (secondary N) is 1. The third kappa shape index (κ3) is 2.93. The summed E-state index contributed by atoms with van der Waals surface area (Å²) in [6.45, 7) is 4.14. The largest absolute Gasteiger partial charge is 0.349 e. The molecule has 24 heavy (non-hydrogen) atoms. The molecule has 3 rings (SSSR count).